The van der Waals surface area contributed by atoms with Gasteiger partial charge in [-0.2, -0.15) is 0 Å². The first-order valence-electron chi connectivity index (χ1n) is 8.62. The molecule has 1 N–H and O–H groups in total. The molecular formula is C20H22N2O4. The number of rotatable bonds is 5. The van der Waals surface area contributed by atoms with Gasteiger partial charge in [0.15, 0.2) is 0 Å². The lowest BCUT2D eigenvalue weighted by Crippen LogP contribution is -2.26. The molecule has 0 saturated heterocycles. The topological polar surface area (TPSA) is 67.9 Å². The van der Waals surface area contributed by atoms with E-state index in [1.807, 2.05) is 18.2 Å². The van der Waals surface area contributed by atoms with Crippen molar-refractivity contribution in [3.8, 4) is 5.75 Å². The molecule has 3 rings (SSSR count). The van der Waals surface area contributed by atoms with Gasteiger partial charge in [0.1, 0.15) is 5.75 Å². The fraction of sp³-hybridized carbons (Fsp3) is 0.300. The zero-order valence-corrected chi connectivity index (χ0v) is 15.0. The Morgan fingerprint density at radius 1 is 1.19 bits per heavy atom. The second kappa shape index (κ2) is 7.91. The van der Waals surface area contributed by atoms with Crippen LogP contribution in [-0.2, 0) is 22.4 Å². The van der Waals surface area contributed by atoms with E-state index >= 15 is 0 Å². The third-order valence-electron chi connectivity index (χ3n) is 4.20. The van der Waals surface area contributed by atoms with Crippen LogP contribution in [0.2, 0.25) is 0 Å². The number of benzene rings is 2. The van der Waals surface area contributed by atoms with Crippen LogP contribution in [-0.4, -0.2) is 32.3 Å². The molecule has 0 unspecified atom stereocenters. The lowest BCUT2D eigenvalue weighted by atomic mass is 10.1. The van der Waals surface area contributed by atoms with Crippen molar-refractivity contribution in [2.75, 3.05) is 30.5 Å². The summed E-state index contributed by atoms with van der Waals surface area (Å²) in [5.41, 5.74) is 3.49. The van der Waals surface area contributed by atoms with Crippen LogP contribution in [0, 0.1) is 0 Å². The number of hydrogen-bond donors (Lipinski definition) is 1. The first-order chi connectivity index (χ1) is 12.6. The molecule has 0 bridgehead atoms. The van der Waals surface area contributed by atoms with Crippen LogP contribution in [0.25, 0.3) is 0 Å². The van der Waals surface area contributed by atoms with Crippen LogP contribution in [0.4, 0.5) is 16.2 Å². The number of hydrogen-bond acceptors (Lipinski definition) is 4. The van der Waals surface area contributed by atoms with E-state index in [0.717, 1.165) is 23.3 Å². The quantitative estimate of drug-likeness (QED) is 0.894. The molecule has 1 aliphatic rings. The summed E-state index contributed by atoms with van der Waals surface area (Å²) in [5, 5.41) is 2.87. The van der Waals surface area contributed by atoms with Gasteiger partial charge in [-0.05, 0) is 48.4 Å². The average molecular weight is 354 g/mol. The Morgan fingerprint density at radius 3 is 2.69 bits per heavy atom. The van der Waals surface area contributed by atoms with Crippen molar-refractivity contribution >= 4 is 23.4 Å². The van der Waals surface area contributed by atoms with Crippen molar-refractivity contribution in [2.24, 2.45) is 0 Å². The van der Waals surface area contributed by atoms with E-state index in [2.05, 4.69) is 5.32 Å². The average Bonchev–Trinajstić information content (AvgIpc) is 3.09. The van der Waals surface area contributed by atoms with E-state index in [0.29, 0.717) is 31.0 Å². The second-order valence-corrected chi connectivity index (χ2v) is 6.07. The van der Waals surface area contributed by atoms with E-state index in [9.17, 15) is 9.59 Å². The minimum absolute atomic E-state index is 0.0876. The number of nitrogens with zero attached hydrogens (tertiary/aromatic N) is 1. The van der Waals surface area contributed by atoms with Crippen LogP contribution in [0.3, 0.4) is 0 Å². The van der Waals surface area contributed by atoms with Crippen molar-refractivity contribution in [3.63, 3.8) is 0 Å². The molecule has 2 aromatic carbocycles. The fourth-order valence-corrected chi connectivity index (χ4v) is 2.83. The summed E-state index contributed by atoms with van der Waals surface area (Å²) in [4.78, 5) is 25.4. The van der Waals surface area contributed by atoms with E-state index in [-0.39, 0.29) is 5.91 Å². The summed E-state index contributed by atoms with van der Waals surface area (Å²) >= 11 is 0. The highest BCUT2D eigenvalue weighted by Crippen LogP contribution is 2.26. The molecule has 2 amide bonds. The maximum Gasteiger partial charge on any atom is 0.413 e. The molecule has 6 nitrogen and oxygen atoms in total. The van der Waals surface area contributed by atoms with E-state index in [1.54, 1.807) is 38.2 Å². The van der Waals surface area contributed by atoms with Crippen LogP contribution in [0.15, 0.2) is 42.5 Å². The van der Waals surface area contributed by atoms with Gasteiger partial charge in [0, 0.05) is 24.8 Å². The van der Waals surface area contributed by atoms with Gasteiger partial charge >= 0.3 is 6.09 Å². The summed E-state index contributed by atoms with van der Waals surface area (Å²) in [6.07, 6.45) is 0.780. The highest BCUT2D eigenvalue weighted by Gasteiger charge is 2.14. The predicted molar refractivity (Wildman–Crippen MR) is 99.8 cm³/mol. The van der Waals surface area contributed by atoms with Gasteiger partial charge in [-0.25, -0.2) is 4.79 Å². The molecule has 0 atom stereocenters. The number of fused-ring (bicyclic) bond motifs is 1. The maximum absolute atomic E-state index is 12.3. The second-order valence-electron chi connectivity index (χ2n) is 6.07. The summed E-state index contributed by atoms with van der Waals surface area (Å²) in [6, 6.07) is 12.9. The lowest BCUT2D eigenvalue weighted by Gasteiger charge is -2.17. The minimum atomic E-state index is -0.412. The van der Waals surface area contributed by atoms with Gasteiger partial charge in [0.2, 0.25) is 5.91 Å². The number of ether oxygens (including phenoxy) is 2. The molecule has 26 heavy (non-hydrogen) atoms. The van der Waals surface area contributed by atoms with Crippen LogP contribution in [0.5, 0.6) is 5.75 Å². The maximum atomic E-state index is 12.3. The number of carbonyl (C=O) groups excluding carboxylic acids is 2. The summed E-state index contributed by atoms with van der Waals surface area (Å²) in [6.45, 7) is 2.79. The third kappa shape index (κ3) is 4.14. The number of carbonyl (C=O) groups is 2. The largest absolute Gasteiger partial charge is 0.493 e. The molecule has 0 radical (unpaired) electrons. The van der Waals surface area contributed by atoms with E-state index in [1.165, 1.54) is 4.90 Å². The third-order valence-corrected chi connectivity index (χ3v) is 4.20. The first-order valence-corrected chi connectivity index (χ1v) is 8.62. The highest BCUT2D eigenvalue weighted by molar-refractivity contribution is 5.93. The van der Waals surface area contributed by atoms with Gasteiger partial charge in [-0.1, -0.05) is 12.1 Å². The molecule has 1 aliphatic heterocycles. The number of anilines is 2. The molecule has 0 spiro atoms. The molecule has 1 heterocycles. The molecule has 0 saturated carbocycles. The minimum Gasteiger partial charge on any atom is -0.493 e. The molecule has 2 aromatic rings. The SMILES string of the molecule is CCOC(=O)N(C)c1ccc(NC(=O)Cc2ccc3c(c2)CCO3)cc1. The Labute approximate surface area is 152 Å². The first kappa shape index (κ1) is 17.8. The summed E-state index contributed by atoms with van der Waals surface area (Å²) in [7, 11) is 1.64. The van der Waals surface area contributed by atoms with Gasteiger partial charge in [0.05, 0.1) is 19.6 Å². The Hall–Kier alpha value is -3.02. The van der Waals surface area contributed by atoms with Crippen molar-refractivity contribution in [1.29, 1.82) is 0 Å². The standard InChI is InChI=1S/C20H22N2O4/c1-3-25-20(24)22(2)17-7-5-16(6-8-17)21-19(23)13-14-4-9-18-15(12-14)10-11-26-18/h4-9,12H,3,10-11,13H2,1-2H3,(H,21,23). The van der Waals surface area contributed by atoms with E-state index < -0.39 is 6.09 Å². The van der Waals surface area contributed by atoms with Gasteiger partial charge in [-0.3, -0.25) is 9.69 Å². The van der Waals surface area contributed by atoms with E-state index in [4.69, 9.17) is 9.47 Å². The van der Waals surface area contributed by atoms with Crippen LogP contribution >= 0.6 is 0 Å². The zero-order chi connectivity index (χ0) is 18.5. The van der Waals surface area contributed by atoms with Crippen molar-refractivity contribution < 1.29 is 19.1 Å². The summed E-state index contributed by atoms with van der Waals surface area (Å²) in [5.74, 6) is 0.825. The Kier molecular flexibility index (Phi) is 5.41. The Balaban J connectivity index is 1.58. The van der Waals surface area contributed by atoms with Gasteiger partial charge in [0.25, 0.3) is 0 Å². The molecule has 0 fully saturated rings. The number of amides is 2. The Bertz CT molecular complexity index is 802. The molecule has 6 heteroatoms. The van der Waals surface area contributed by atoms with Crippen molar-refractivity contribution in [1.82, 2.24) is 0 Å². The fourth-order valence-electron chi connectivity index (χ4n) is 2.83. The van der Waals surface area contributed by atoms with Crippen LogP contribution in [0.1, 0.15) is 18.1 Å². The number of nitrogens with one attached hydrogen (secondary N) is 1. The molecular weight excluding hydrogens is 332 g/mol. The van der Waals surface area contributed by atoms with Gasteiger partial charge < -0.3 is 14.8 Å². The predicted octanol–water partition coefficient (Wildman–Crippen LogP) is 3.40. The summed E-state index contributed by atoms with van der Waals surface area (Å²) < 4.78 is 10.4. The normalized spacial score (nSPS) is 12.1. The smallest absolute Gasteiger partial charge is 0.413 e. The molecule has 0 aliphatic carbocycles. The van der Waals surface area contributed by atoms with Crippen molar-refractivity contribution in [3.05, 3.63) is 53.6 Å². The molecule has 0 aromatic heterocycles. The zero-order valence-electron chi connectivity index (χ0n) is 15.0. The monoisotopic (exact) mass is 354 g/mol. The van der Waals surface area contributed by atoms with Crippen molar-refractivity contribution in [2.45, 2.75) is 19.8 Å². The highest BCUT2D eigenvalue weighted by atomic mass is 16.6. The lowest BCUT2D eigenvalue weighted by molar-refractivity contribution is -0.115. The molecule has 136 valence electrons. The van der Waals surface area contributed by atoms with Crippen LogP contribution < -0.4 is 15.0 Å². The van der Waals surface area contributed by atoms with Gasteiger partial charge in [-0.15, -0.1) is 0 Å². The Morgan fingerprint density at radius 2 is 1.96 bits per heavy atom.